The van der Waals surface area contributed by atoms with Crippen LogP contribution in [0.5, 0.6) is 5.75 Å². The summed E-state index contributed by atoms with van der Waals surface area (Å²) in [7, 11) is 0. The lowest BCUT2D eigenvalue weighted by molar-refractivity contribution is 0.175. The number of carbonyl (C=O) groups excluding carboxylic acids is 1. The lowest BCUT2D eigenvalue weighted by atomic mass is 10.1. The molecule has 3 rings (SSSR count). The lowest BCUT2D eigenvalue weighted by Crippen LogP contribution is -2.35. The molecule has 1 fully saturated rings. The number of pyridine rings is 2. The van der Waals surface area contributed by atoms with Gasteiger partial charge in [0.25, 0.3) is 0 Å². The lowest BCUT2D eigenvalue weighted by Gasteiger charge is -2.27. The highest BCUT2D eigenvalue weighted by Gasteiger charge is 2.33. The average Bonchev–Trinajstić information content (AvgIpc) is 3.04. The number of aryl methyl sites for hydroxylation is 1. The molecule has 2 aromatic rings. The molecular weight excluding hydrogens is 420 g/mol. The molecule has 0 bridgehead atoms. The molecule has 0 aliphatic carbocycles. The van der Waals surface area contributed by atoms with Crippen molar-refractivity contribution >= 4 is 22.0 Å². The van der Waals surface area contributed by atoms with Gasteiger partial charge in [-0.1, -0.05) is 13.0 Å². The Morgan fingerprint density at radius 1 is 1.25 bits per heavy atom. The Hall–Kier alpha value is -2.15. The third kappa shape index (κ3) is 5.01. The smallest absolute Gasteiger partial charge is 0.320 e. The van der Waals surface area contributed by atoms with E-state index >= 15 is 0 Å². The van der Waals surface area contributed by atoms with Gasteiger partial charge in [-0.3, -0.25) is 4.98 Å². The van der Waals surface area contributed by atoms with Crippen LogP contribution in [0.15, 0.2) is 41.3 Å². The Bertz CT molecular complexity index is 801. The second-order valence-electron chi connectivity index (χ2n) is 6.83. The Labute approximate surface area is 175 Å². The minimum atomic E-state index is 0.0251. The maximum absolute atomic E-state index is 13.0. The molecule has 0 spiro atoms. The van der Waals surface area contributed by atoms with Gasteiger partial charge >= 0.3 is 6.03 Å². The summed E-state index contributed by atoms with van der Waals surface area (Å²) in [6.45, 7) is 6.91. The van der Waals surface area contributed by atoms with Crippen LogP contribution in [0.3, 0.4) is 0 Å². The van der Waals surface area contributed by atoms with Gasteiger partial charge < -0.3 is 14.5 Å². The Kier molecular flexibility index (Phi) is 7.25. The summed E-state index contributed by atoms with van der Waals surface area (Å²) in [6, 6.07) is 8.07. The van der Waals surface area contributed by atoms with Crippen LogP contribution in [0.4, 0.5) is 4.79 Å². The van der Waals surface area contributed by atoms with E-state index < -0.39 is 0 Å². The fourth-order valence-corrected chi connectivity index (χ4v) is 4.02. The van der Waals surface area contributed by atoms with Crippen LogP contribution in [-0.2, 0) is 6.42 Å². The highest BCUT2D eigenvalue weighted by molar-refractivity contribution is 9.10. The monoisotopic (exact) mass is 446 g/mol. The maximum Gasteiger partial charge on any atom is 0.320 e. The van der Waals surface area contributed by atoms with Gasteiger partial charge in [-0.25, -0.2) is 9.78 Å². The van der Waals surface area contributed by atoms with E-state index in [0.717, 1.165) is 60.5 Å². The molecule has 6 nitrogen and oxygen atoms in total. The van der Waals surface area contributed by atoms with Crippen molar-refractivity contribution < 1.29 is 9.53 Å². The molecule has 28 heavy (non-hydrogen) atoms. The number of ether oxygens (including phenoxy) is 1. The molecule has 2 amide bonds. The summed E-state index contributed by atoms with van der Waals surface area (Å²) in [4.78, 5) is 25.6. The van der Waals surface area contributed by atoms with Crippen LogP contribution < -0.4 is 4.74 Å². The van der Waals surface area contributed by atoms with Crippen molar-refractivity contribution in [2.45, 2.75) is 39.2 Å². The van der Waals surface area contributed by atoms with Crippen LogP contribution in [0, 0.1) is 0 Å². The number of hydrogen-bond acceptors (Lipinski definition) is 4. The number of aromatic nitrogens is 2. The van der Waals surface area contributed by atoms with Crippen LogP contribution in [-0.4, -0.2) is 52.0 Å². The minimum Gasteiger partial charge on any atom is -0.492 e. The van der Waals surface area contributed by atoms with Gasteiger partial charge in [-0.2, -0.15) is 0 Å². The second-order valence-corrected chi connectivity index (χ2v) is 7.64. The summed E-state index contributed by atoms with van der Waals surface area (Å²) in [5.74, 6) is 0.753. The van der Waals surface area contributed by atoms with Gasteiger partial charge in [0.1, 0.15) is 10.4 Å². The van der Waals surface area contributed by atoms with Crippen molar-refractivity contribution in [1.29, 1.82) is 0 Å². The van der Waals surface area contributed by atoms with Crippen molar-refractivity contribution in [3.05, 3.63) is 52.5 Å². The Morgan fingerprint density at radius 2 is 2.11 bits per heavy atom. The van der Waals surface area contributed by atoms with E-state index in [1.807, 2.05) is 47.2 Å². The van der Waals surface area contributed by atoms with Gasteiger partial charge in [0, 0.05) is 31.5 Å². The summed E-state index contributed by atoms with van der Waals surface area (Å²) in [5, 5.41) is 0. The van der Waals surface area contributed by atoms with E-state index in [9.17, 15) is 4.79 Å². The molecule has 0 N–H and O–H groups in total. The predicted octanol–water partition coefficient (Wildman–Crippen LogP) is 4.46. The summed E-state index contributed by atoms with van der Waals surface area (Å²) in [5.41, 5.74) is 2.07. The molecule has 3 heterocycles. The first-order chi connectivity index (χ1) is 13.6. The second kappa shape index (κ2) is 9.87. The molecule has 7 heteroatoms. The number of hydrogen-bond donors (Lipinski definition) is 0. The van der Waals surface area contributed by atoms with E-state index in [2.05, 4.69) is 32.8 Å². The zero-order chi connectivity index (χ0) is 19.9. The number of rotatable bonds is 9. The van der Waals surface area contributed by atoms with Crippen molar-refractivity contribution in [3.63, 3.8) is 0 Å². The van der Waals surface area contributed by atoms with E-state index in [4.69, 9.17) is 4.74 Å². The fraction of sp³-hybridized carbons (Fsp3) is 0.476. The van der Waals surface area contributed by atoms with E-state index in [-0.39, 0.29) is 12.1 Å². The van der Waals surface area contributed by atoms with Gasteiger partial charge in [0.2, 0.25) is 0 Å². The largest absolute Gasteiger partial charge is 0.492 e. The highest BCUT2D eigenvalue weighted by atomic mass is 79.9. The number of halogens is 1. The first-order valence-electron chi connectivity index (χ1n) is 9.87. The van der Waals surface area contributed by atoms with Crippen LogP contribution in [0.2, 0.25) is 0 Å². The zero-order valence-electron chi connectivity index (χ0n) is 16.5. The van der Waals surface area contributed by atoms with Gasteiger partial charge in [0.05, 0.1) is 18.8 Å². The van der Waals surface area contributed by atoms with Gasteiger partial charge in [0.15, 0.2) is 0 Å². The van der Waals surface area contributed by atoms with Crippen molar-refractivity contribution in [1.82, 2.24) is 19.8 Å². The number of nitrogens with zero attached hydrogens (tertiary/aromatic N) is 4. The summed E-state index contributed by atoms with van der Waals surface area (Å²) < 4.78 is 6.42. The Morgan fingerprint density at radius 3 is 2.86 bits per heavy atom. The van der Waals surface area contributed by atoms with E-state index in [1.165, 1.54) is 0 Å². The average molecular weight is 447 g/mol. The highest BCUT2D eigenvalue weighted by Crippen LogP contribution is 2.29. The first kappa shape index (κ1) is 20.6. The topological polar surface area (TPSA) is 58.6 Å². The molecular formula is C21H27BrN4O2. The first-order valence-corrected chi connectivity index (χ1v) is 10.7. The molecule has 2 aromatic heterocycles. The van der Waals surface area contributed by atoms with Gasteiger partial charge in [-0.15, -0.1) is 0 Å². The fourth-order valence-electron chi connectivity index (χ4n) is 3.64. The maximum atomic E-state index is 13.0. The van der Waals surface area contributed by atoms with E-state index in [1.54, 1.807) is 6.20 Å². The Balaban J connectivity index is 1.59. The number of amides is 2. The molecule has 0 aromatic carbocycles. The number of urea groups is 1. The zero-order valence-corrected chi connectivity index (χ0v) is 18.1. The molecule has 0 unspecified atom stereocenters. The molecule has 1 atom stereocenters. The molecule has 150 valence electrons. The SMILES string of the molecule is CCOc1cncc([C@H](CC)N2CCN(CCCc3cccc(Br)n3)C2=O)c1. The van der Waals surface area contributed by atoms with Crippen molar-refractivity contribution in [3.8, 4) is 5.75 Å². The quantitative estimate of drug-likeness (QED) is 0.533. The van der Waals surface area contributed by atoms with Crippen LogP contribution in [0.25, 0.3) is 0 Å². The van der Waals surface area contributed by atoms with Crippen molar-refractivity contribution in [2.24, 2.45) is 0 Å². The summed E-state index contributed by atoms with van der Waals surface area (Å²) >= 11 is 3.40. The van der Waals surface area contributed by atoms with E-state index in [0.29, 0.717) is 6.61 Å². The normalized spacial score (nSPS) is 15.2. The minimum absolute atomic E-state index is 0.0251. The van der Waals surface area contributed by atoms with Gasteiger partial charge in [-0.05, 0) is 65.9 Å². The van der Waals surface area contributed by atoms with Crippen LogP contribution >= 0.6 is 15.9 Å². The number of carbonyl (C=O) groups is 1. The molecule has 1 aliphatic heterocycles. The third-order valence-electron chi connectivity index (χ3n) is 4.95. The predicted molar refractivity (Wildman–Crippen MR) is 112 cm³/mol. The molecule has 0 radical (unpaired) electrons. The van der Waals surface area contributed by atoms with Crippen LogP contribution in [0.1, 0.15) is 44.0 Å². The third-order valence-corrected chi connectivity index (χ3v) is 5.40. The summed E-state index contributed by atoms with van der Waals surface area (Å²) in [6.07, 6.45) is 6.17. The molecule has 1 aliphatic rings. The standard InChI is InChI=1S/C21H27BrN4O2/c1-3-19(16-13-18(28-4-2)15-23-14-16)26-12-11-25(21(26)27)10-6-8-17-7-5-9-20(22)24-17/h5,7,9,13-15,19H,3-4,6,8,10-12H2,1-2H3/t19-/m0/s1. The molecule has 0 saturated carbocycles. The van der Waals surface area contributed by atoms with Crippen molar-refractivity contribution in [2.75, 3.05) is 26.2 Å². The molecule has 1 saturated heterocycles.